The van der Waals surface area contributed by atoms with E-state index >= 15 is 0 Å². The number of nitrogens with one attached hydrogen (secondary N) is 1. The fraction of sp³-hybridized carbons (Fsp3) is 0.125. The third-order valence-electron chi connectivity index (χ3n) is 1.58. The summed E-state index contributed by atoms with van der Waals surface area (Å²) in [5, 5.41) is 2.90. The molecule has 3 N–H and O–H groups in total. The SMILES string of the molecule is NCc1cncc(Nc2cnco2)n1. The number of hydrogen-bond donors (Lipinski definition) is 2. The van der Waals surface area contributed by atoms with Crippen molar-refractivity contribution in [3.63, 3.8) is 0 Å². The van der Waals surface area contributed by atoms with Crippen LogP contribution in [-0.4, -0.2) is 15.0 Å². The van der Waals surface area contributed by atoms with Gasteiger partial charge in [0.25, 0.3) is 0 Å². The van der Waals surface area contributed by atoms with Gasteiger partial charge in [0.05, 0.1) is 18.1 Å². The Morgan fingerprint density at radius 1 is 1.29 bits per heavy atom. The molecule has 0 radical (unpaired) electrons. The minimum atomic E-state index is 0.360. The lowest BCUT2D eigenvalue weighted by Gasteiger charge is -2.01. The van der Waals surface area contributed by atoms with Crippen molar-refractivity contribution in [3.05, 3.63) is 30.7 Å². The molecule has 0 saturated heterocycles. The lowest BCUT2D eigenvalue weighted by atomic mass is 10.4. The van der Waals surface area contributed by atoms with Gasteiger partial charge in [0, 0.05) is 12.7 Å². The zero-order chi connectivity index (χ0) is 9.80. The van der Waals surface area contributed by atoms with E-state index in [-0.39, 0.29) is 0 Å². The summed E-state index contributed by atoms with van der Waals surface area (Å²) in [6.45, 7) is 0.360. The van der Waals surface area contributed by atoms with E-state index in [1.165, 1.54) is 6.39 Å². The van der Waals surface area contributed by atoms with Crippen LogP contribution in [0.2, 0.25) is 0 Å². The molecule has 2 aromatic heterocycles. The number of aromatic nitrogens is 3. The average molecular weight is 191 g/mol. The van der Waals surface area contributed by atoms with Crippen LogP contribution in [0, 0.1) is 0 Å². The van der Waals surface area contributed by atoms with Crippen molar-refractivity contribution in [3.8, 4) is 0 Å². The minimum Gasteiger partial charge on any atom is -0.428 e. The maximum absolute atomic E-state index is 5.43. The predicted molar refractivity (Wildman–Crippen MR) is 49.7 cm³/mol. The molecule has 72 valence electrons. The Hall–Kier alpha value is -1.95. The Morgan fingerprint density at radius 3 is 2.93 bits per heavy atom. The molecule has 6 heteroatoms. The van der Waals surface area contributed by atoms with Crippen molar-refractivity contribution in [2.24, 2.45) is 5.73 Å². The van der Waals surface area contributed by atoms with Gasteiger partial charge in [0.15, 0.2) is 12.2 Å². The van der Waals surface area contributed by atoms with Gasteiger partial charge < -0.3 is 15.5 Å². The van der Waals surface area contributed by atoms with E-state index < -0.39 is 0 Å². The zero-order valence-electron chi connectivity index (χ0n) is 7.34. The summed E-state index contributed by atoms with van der Waals surface area (Å²) in [6, 6.07) is 0. The van der Waals surface area contributed by atoms with Gasteiger partial charge in [-0.3, -0.25) is 4.98 Å². The van der Waals surface area contributed by atoms with Gasteiger partial charge in [-0.25, -0.2) is 9.97 Å². The highest BCUT2D eigenvalue weighted by Crippen LogP contribution is 2.11. The molecule has 0 fully saturated rings. The topological polar surface area (TPSA) is 89.9 Å². The summed E-state index contributed by atoms with van der Waals surface area (Å²) >= 11 is 0. The van der Waals surface area contributed by atoms with Gasteiger partial charge in [-0.2, -0.15) is 0 Å². The summed E-state index contributed by atoms with van der Waals surface area (Å²) in [5.41, 5.74) is 6.14. The minimum absolute atomic E-state index is 0.360. The zero-order valence-corrected chi connectivity index (χ0v) is 7.34. The number of nitrogens with zero attached hydrogens (tertiary/aromatic N) is 3. The molecule has 14 heavy (non-hydrogen) atoms. The average Bonchev–Trinajstić information content (AvgIpc) is 2.71. The number of hydrogen-bond acceptors (Lipinski definition) is 6. The highest BCUT2D eigenvalue weighted by molar-refractivity contribution is 5.46. The standard InChI is InChI=1S/C8H9N5O/c9-1-6-2-10-3-7(12-6)13-8-4-11-5-14-8/h2-5H,1,9H2,(H,12,13). The molecule has 0 aromatic carbocycles. The summed E-state index contributed by atoms with van der Waals surface area (Å²) in [6.07, 6.45) is 6.09. The maximum atomic E-state index is 5.43. The Balaban J connectivity index is 2.17. The summed E-state index contributed by atoms with van der Waals surface area (Å²) in [7, 11) is 0. The van der Waals surface area contributed by atoms with Crippen molar-refractivity contribution in [2.75, 3.05) is 5.32 Å². The monoisotopic (exact) mass is 191 g/mol. The normalized spacial score (nSPS) is 10.1. The van der Waals surface area contributed by atoms with Crippen LogP contribution in [0.25, 0.3) is 0 Å². The predicted octanol–water partition coefficient (Wildman–Crippen LogP) is 0.667. The van der Waals surface area contributed by atoms with E-state index in [4.69, 9.17) is 10.2 Å². The van der Waals surface area contributed by atoms with Crippen molar-refractivity contribution >= 4 is 11.7 Å². The Labute approximate surface area is 80.2 Å². The van der Waals surface area contributed by atoms with Crippen LogP contribution in [0.15, 0.2) is 29.4 Å². The highest BCUT2D eigenvalue weighted by Gasteiger charge is 1.99. The molecule has 0 unspecified atom stereocenters. The van der Waals surface area contributed by atoms with E-state index in [9.17, 15) is 0 Å². The van der Waals surface area contributed by atoms with Crippen molar-refractivity contribution in [2.45, 2.75) is 6.54 Å². The second-order valence-electron chi connectivity index (χ2n) is 2.59. The molecule has 0 spiro atoms. The van der Waals surface area contributed by atoms with E-state index in [1.807, 2.05) is 0 Å². The number of nitrogens with two attached hydrogens (primary N) is 1. The summed E-state index contributed by atoms with van der Waals surface area (Å²) in [4.78, 5) is 11.9. The van der Waals surface area contributed by atoms with E-state index in [0.29, 0.717) is 18.2 Å². The van der Waals surface area contributed by atoms with Crippen molar-refractivity contribution in [1.29, 1.82) is 0 Å². The van der Waals surface area contributed by atoms with Gasteiger partial charge in [0.2, 0.25) is 5.88 Å². The first-order valence-corrected chi connectivity index (χ1v) is 4.05. The highest BCUT2D eigenvalue weighted by atomic mass is 16.4. The third-order valence-corrected chi connectivity index (χ3v) is 1.58. The molecule has 0 atom stereocenters. The lowest BCUT2D eigenvalue weighted by Crippen LogP contribution is -2.02. The molecule has 0 aliphatic rings. The largest absolute Gasteiger partial charge is 0.428 e. The van der Waals surface area contributed by atoms with Gasteiger partial charge >= 0.3 is 0 Å². The molecular formula is C8H9N5O. The number of rotatable bonds is 3. The Kier molecular flexibility index (Phi) is 2.37. The fourth-order valence-corrected chi connectivity index (χ4v) is 0.969. The second-order valence-corrected chi connectivity index (χ2v) is 2.59. The first-order chi connectivity index (χ1) is 6.88. The molecule has 2 heterocycles. The van der Waals surface area contributed by atoms with Crippen LogP contribution >= 0.6 is 0 Å². The van der Waals surface area contributed by atoms with Crippen LogP contribution < -0.4 is 11.1 Å². The Morgan fingerprint density at radius 2 is 2.21 bits per heavy atom. The van der Waals surface area contributed by atoms with Gasteiger partial charge in [-0.15, -0.1) is 0 Å². The first kappa shape index (κ1) is 8.64. The molecule has 2 rings (SSSR count). The third kappa shape index (κ3) is 1.86. The summed E-state index contributed by atoms with van der Waals surface area (Å²) < 4.78 is 4.99. The van der Waals surface area contributed by atoms with E-state index in [0.717, 1.165) is 5.69 Å². The molecule has 0 aliphatic heterocycles. The molecule has 0 saturated carbocycles. The van der Waals surface area contributed by atoms with Crippen LogP contribution in [0.4, 0.5) is 11.7 Å². The van der Waals surface area contributed by atoms with Crippen LogP contribution in [-0.2, 0) is 6.54 Å². The molecule has 0 amide bonds. The molecule has 6 nitrogen and oxygen atoms in total. The summed E-state index contributed by atoms with van der Waals surface area (Å²) in [5.74, 6) is 1.11. The molecular weight excluding hydrogens is 182 g/mol. The smallest absolute Gasteiger partial charge is 0.218 e. The van der Waals surface area contributed by atoms with Crippen LogP contribution in [0.1, 0.15) is 5.69 Å². The van der Waals surface area contributed by atoms with Gasteiger partial charge in [-0.1, -0.05) is 0 Å². The molecule has 2 aromatic rings. The van der Waals surface area contributed by atoms with E-state index in [1.54, 1.807) is 18.6 Å². The van der Waals surface area contributed by atoms with Crippen molar-refractivity contribution < 1.29 is 4.42 Å². The molecule has 0 bridgehead atoms. The van der Waals surface area contributed by atoms with E-state index in [2.05, 4.69) is 20.3 Å². The van der Waals surface area contributed by atoms with Gasteiger partial charge in [-0.05, 0) is 0 Å². The number of anilines is 2. The first-order valence-electron chi connectivity index (χ1n) is 4.05. The maximum Gasteiger partial charge on any atom is 0.218 e. The number of oxazole rings is 1. The fourth-order valence-electron chi connectivity index (χ4n) is 0.969. The lowest BCUT2D eigenvalue weighted by molar-refractivity contribution is 0.574. The van der Waals surface area contributed by atoms with Crippen molar-refractivity contribution in [1.82, 2.24) is 15.0 Å². The van der Waals surface area contributed by atoms with Gasteiger partial charge in [0.1, 0.15) is 0 Å². The quantitative estimate of drug-likeness (QED) is 0.740. The molecule has 0 aliphatic carbocycles. The van der Waals surface area contributed by atoms with Crippen LogP contribution in [0.5, 0.6) is 0 Å². The second kappa shape index (κ2) is 3.84. The van der Waals surface area contributed by atoms with Crippen LogP contribution in [0.3, 0.4) is 0 Å². The Bertz CT molecular complexity index is 400.